The zero-order chi connectivity index (χ0) is 16.3. The molecular weight excluding hydrogens is 284 g/mol. The van der Waals surface area contributed by atoms with Gasteiger partial charge in [0.15, 0.2) is 5.78 Å². The Bertz CT molecular complexity index is 734. The molecular formula is C17H16O5. The second-order valence-corrected chi connectivity index (χ2v) is 4.80. The van der Waals surface area contributed by atoms with Gasteiger partial charge in [-0.1, -0.05) is 11.6 Å². The third-order valence-corrected chi connectivity index (χ3v) is 3.15. The molecule has 5 nitrogen and oxygen atoms in total. The van der Waals surface area contributed by atoms with Crippen LogP contribution in [0.25, 0.3) is 0 Å². The van der Waals surface area contributed by atoms with Gasteiger partial charge in [0.05, 0.1) is 12.2 Å². The Balaban J connectivity index is 2.44. The molecule has 0 spiro atoms. The molecule has 0 aliphatic rings. The number of ether oxygens (including phenoxy) is 1. The molecule has 2 aromatic rings. The van der Waals surface area contributed by atoms with Crippen LogP contribution in [0.15, 0.2) is 36.4 Å². The van der Waals surface area contributed by atoms with E-state index in [2.05, 4.69) is 0 Å². The minimum absolute atomic E-state index is 0.0835. The van der Waals surface area contributed by atoms with Crippen molar-refractivity contribution in [3.8, 4) is 11.5 Å². The molecule has 0 amide bonds. The summed E-state index contributed by atoms with van der Waals surface area (Å²) < 4.78 is 4.83. The van der Waals surface area contributed by atoms with Gasteiger partial charge in [0.2, 0.25) is 0 Å². The number of carbonyl (C=O) groups is 2. The minimum atomic E-state index is -0.705. The van der Waals surface area contributed by atoms with Crippen molar-refractivity contribution in [3.05, 3.63) is 58.7 Å². The van der Waals surface area contributed by atoms with Crippen molar-refractivity contribution in [1.82, 2.24) is 0 Å². The summed E-state index contributed by atoms with van der Waals surface area (Å²) in [4.78, 5) is 24.2. The van der Waals surface area contributed by atoms with Crippen molar-refractivity contribution in [1.29, 1.82) is 0 Å². The molecule has 0 saturated carbocycles. The number of hydrogen-bond donors (Lipinski definition) is 2. The van der Waals surface area contributed by atoms with Crippen LogP contribution in [0, 0.1) is 6.92 Å². The Morgan fingerprint density at radius 3 is 2.32 bits per heavy atom. The third kappa shape index (κ3) is 3.09. The van der Waals surface area contributed by atoms with Crippen LogP contribution < -0.4 is 0 Å². The van der Waals surface area contributed by atoms with Crippen LogP contribution in [0.1, 0.15) is 38.8 Å². The highest BCUT2D eigenvalue weighted by Crippen LogP contribution is 2.25. The highest BCUT2D eigenvalue weighted by Gasteiger charge is 2.18. The van der Waals surface area contributed by atoms with Crippen molar-refractivity contribution < 1.29 is 24.5 Å². The van der Waals surface area contributed by atoms with Gasteiger partial charge in [-0.3, -0.25) is 4.79 Å². The lowest BCUT2D eigenvalue weighted by Crippen LogP contribution is -2.08. The predicted octanol–water partition coefficient (Wildman–Crippen LogP) is 2.81. The Morgan fingerprint density at radius 1 is 1.00 bits per heavy atom. The van der Waals surface area contributed by atoms with E-state index in [1.807, 2.05) is 0 Å². The van der Waals surface area contributed by atoms with Gasteiger partial charge in [-0.2, -0.15) is 0 Å². The lowest BCUT2D eigenvalue weighted by molar-refractivity contribution is 0.0523. The summed E-state index contributed by atoms with van der Waals surface area (Å²) in [5.74, 6) is -1.54. The maximum absolute atomic E-state index is 12.5. The van der Waals surface area contributed by atoms with Crippen LogP contribution in [-0.2, 0) is 4.74 Å². The molecule has 114 valence electrons. The molecule has 0 heterocycles. The molecule has 2 rings (SSSR count). The molecule has 5 heteroatoms. The van der Waals surface area contributed by atoms with Crippen molar-refractivity contribution >= 4 is 11.8 Å². The number of esters is 1. The zero-order valence-electron chi connectivity index (χ0n) is 12.3. The number of aryl methyl sites for hydroxylation is 1. The number of aromatic hydroxyl groups is 2. The lowest BCUT2D eigenvalue weighted by atomic mass is 9.99. The van der Waals surface area contributed by atoms with Crippen molar-refractivity contribution in [2.24, 2.45) is 0 Å². The van der Waals surface area contributed by atoms with Crippen molar-refractivity contribution in [3.63, 3.8) is 0 Å². The molecule has 22 heavy (non-hydrogen) atoms. The highest BCUT2D eigenvalue weighted by molar-refractivity contribution is 6.11. The van der Waals surface area contributed by atoms with Crippen LogP contribution in [-0.4, -0.2) is 28.6 Å². The van der Waals surface area contributed by atoms with Gasteiger partial charge < -0.3 is 14.9 Å². The molecule has 0 radical (unpaired) electrons. The summed E-state index contributed by atoms with van der Waals surface area (Å²) in [6.45, 7) is 3.61. The fraction of sp³-hybridized carbons (Fsp3) is 0.176. The van der Waals surface area contributed by atoms with Crippen molar-refractivity contribution in [2.45, 2.75) is 13.8 Å². The Labute approximate surface area is 127 Å². The van der Waals surface area contributed by atoms with Gasteiger partial charge in [-0.05, 0) is 44.2 Å². The molecule has 0 aliphatic carbocycles. The fourth-order valence-corrected chi connectivity index (χ4v) is 2.04. The van der Waals surface area contributed by atoms with Gasteiger partial charge in [-0.25, -0.2) is 4.79 Å². The van der Waals surface area contributed by atoms with E-state index in [0.717, 1.165) is 5.56 Å². The van der Waals surface area contributed by atoms with Crippen LogP contribution in [0.3, 0.4) is 0 Å². The fourth-order valence-electron chi connectivity index (χ4n) is 2.04. The van der Waals surface area contributed by atoms with E-state index >= 15 is 0 Å². The average molecular weight is 300 g/mol. The number of benzene rings is 2. The van der Waals surface area contributed by atoms with E-state index in [-0.39, 0.29) is 34.8 Å². The first-order valence-electron chi connectivity index (χ1n) is 6.78. The molecule has 0 saturated heterocycles. The third-order valence-electron chi connectivity index (χ3n) is 3.15. The maximum atomic E-state index is 12.5. The quantitative estimate of drug-likeness (QED) is 0.670. The highest BCUT2D eigenvalue weighted by atomic mass is 16.5. The summed E-state index contributed by atoms with van der Waals surface area (Å²) in [7, 11) is 0. The van der Waals surface area contributed by atoms with E-state index in [1.165, 1.54) is 24.3 Å². The molecule has 0 aromatic heterocycles. The van der Waals surface area contributed by atoms with Gasteiger partial charge in [0.1, 0.15) is 17.1 Å². The number of hydrogen-bond acceptors (Lipinski definition) is 5. The van der Waals surface area contributed by atoms with Crippen molar-refractivity contribution in [2.75, 3.05) is 6.61 Å². The molecule has 0 atom stereocenters. The zero-order valence-corrected chi connectivity index (χ0v) is 12.3. The van der Waals surface area contributed by atoms with E-state index < -0.39 is 11.8 Å². The van der Waals surface area contributed by atoms with Gasteiger partial charge in [0, 0.05) is 5.56 Å². The summed E-state index contributed by atoms with van der Waals surface area (Å²) >= 11 is 0. The number of carbonyl (C=O) groups excluding carboxylic acids is 2. The molecule has 0 aliphatic heterocycles. The second-order valence-electron chi connectivity index (χ2n) is 4.80. The number of ketones is 1. The predicted molar refractivity (Wildman–Crippen MR) is 80.3 cm³/mol. The SMILES string of the molecule is CCOC(=O)c1cc(C(=O)c2cc(C)ccc2O)ccc1O. The van der Waals surface area contributed by atoms with Crippen LogP contribution in [0.2, 0.25) is 0 Å². The van der Waals surface area contributed by atoms with Crippen LogP contribution in [0.4, 0.5) is 0 Å². The number of phenols is 2. The number of rotatable bonds is 4. The Morgan fingerprint density at radius 2 is 1.64 bits per heavy atom. The molecule has 2 N–H and O–H groups in total. The molecule has 0 fully saturated rings. The smallest absolute Gasteiger partial charge is 0.341 e. The largest absolute Gasteiger partial charge is 0.507 e. The summed E-state index contributed by atoms with van der Waals surface area (Å²) in [5.41, 5.74) is 1.06. The monoisotopic (exact) mass is 300 g/mol. The summed E-state index contributed by atoms with van der Waals surface area (Å²) in [5, 5.41) is 19.5. The van der Waals surface area contributed by atoms with Gasteiger partial charge in [-0.15, -0.1) is 0 Å². The Hall–Kier alpha value is -2.82. The number of phenolic OH excluding ortho intramolecular Hbond substituents is 2. The summed E-state index contributed by atoms with van der Waals surface area (Å²) in [6, 6.07) is 8.60. The average Bonchev–Trinajstić information content (AvgIpc) is 2.49. The van der Waals surface area contributed by atoms with E-state index in [4.69, 9.17) is 4.74 Å². The maximum Gasteiger partial charge on any atom is 0.341 e. The van der Waals surface area contributed by atoms with E-state index in [1.54, 1.807) is 26.0 Å². The Kier molecular flexibility index (Phi) is 4.46. The summed E-state index contributed by atoms with van der Waals surface area (Å²) in [6.07, 6.45) is 0. The standard InChI is InChI=1S/C17H16O5/c1-3-22-17(21)13-9-11(5-7-15(13)19)16(20)12-8-10(2)4-6-14(12)18/h4-9,18-19H,3H2,1-2H3. The molecule has 2 aromatic carbocycles. The van der Waals surface area contributed by atoms with Crippen LogP contribution in [0.5, 0.6) is 11.5 Å². The van der Waals surface area contributed by atoms with E-state index in [0.29, 0.717) is 0 Å². The first kappa shape index (κ1) is 15.6. The topological polar surface area (TPSA) is 83.8 Å². The molecule has 0 unspecified atom stereocenters. The minimum Gasteiger partial charge on any atom is -0.507 e. The molecule has 0 bridgehead atoms. The second kappa shape index (κ2) is 6.30. The first-order chi connectivity index (χ1) is 10.4. The normalized spacial score (nSPS) is 10.3. The van der Waals surface area contributed by atoms with Crippen LogP contribution >= 0.6 is 0 Å². The lowest BCUT2D eigenvalue weighted by Gasteiger charge is -2.08. The first-order valence-corrected chi connectivity index (χ1v) is 6.78. The van der Waals surface area contributed by atoms with Gasteiger partial charge in [0.25, 0.3) is 0 Å². The van der Waals surface area contributed by atoms with Gasteiger partial charge >= 0.3 is 5.97 Å². The van der Waals surface area contributed by atoms with E-state index in [9.17, 15) is 19.8 Å².